The molecule has 0 spiro atoms. The zero-order valence-electron chi connectivity index (χ0n) is 13.0. The predicted octanol–water partition coefficient (Wildman–Crippen LogP) is 0.214. The number of aliphatic hydroxyl groups is 1. The molecule has 2 fully saturated rings. The van der Waals surface area contributed by atoms with E-state index in [2.05, 4.69) is 9.80 Å². The van der Waals surface area contributed by atoms with Crippen molar-refractivity contribution in [1.82, 2.24) is 14.7 Å². The van der Waals surface area contributed by atoms with Crippen LogP contribution < -0.4 is 0 Å². The molecule has 0 aliphatic carbocycles. The fourth-order valence-corrected chi connectivity index (χ4v) is 2.89. The van der Waals surface area contributed by atoms with Crippen LogP contribution in [0.2, 0.25) is 0 Å². The van der Waals surface area contributed by atoms with E-state index in [-0.39, 0.29) is 18.7 Å². The Bertz CT molecular complexity index is 356. The van der Waals surface area contributed by atoms with Gasteiger partial charge in [0.05, 0.1) is 6.61 Å². The molecule has 6 nitrogen and oxygen atoms in total. The van der Waals surface area contributed by atoms with Gasteiger partial charge in [-0.1, -0.05) is 0 Å². The fourth-order valence-electron chi connectivity index (χ4n) is 2.89. The average molecular weight is 285 g/mol. The topological polar surface area (TPSA) is 56.2 Å². The summed E-state index contributed by atoms with van der Waals surface area (Å²) in [6.07, 6.45) is -0.218. The minimum atomic E-state index is -0.445. The van der Waals surface area contributed by atoms with Gasteiger partial charge in [0, 0.05) is 44.8 Å². The molecule has 1 unspecified atom stereocenters. The Morgan fingerprint density at radius 3 is 2.55 bits per heavy atom. The first-order chi connectivity index (χ1) is 9.30. The molecule has 2 rings (SSSR count). The molecule has 0 radical (unpaired) electrons. The second-order valence-corrected chi connectivity index (χ2v) is 6.85. The maximum absolute atomic E-state index is 12.1. The van der Waals surface area contributed by atoms with Crippen LogP contribution in [0.15, 0.2) is 0 Å². The van der Waals surface area contributed by atoms with Crippen LogP contribution >= 0.6 is 0 Å². The lowest BCUT2D eigenvalue weighted by Gasteiger charge is -2.49. The molecule has 0 aromatic carbocycles. The Hall–Kier alpha value is -0.850. The van der Waals surface area contributed by atoms with Crippen molar-refractivity contribution in [3.8, 4) is 0 Å². The van der Waals surface area contributed by atoms with E-state index in [1.165, 1.54) is 0 Å². The molecular formula is C14H27N3O3. The second-order valence-electron chi connectivity index (χ2n) is 6.85. The molecule has 116 valence electrons. The first kappa shape index (κ1) is 15.5. The maximum Gasteiger partial charge on any atom is 0.410 e. The molecule has 20 heavy (non-hydrogen) atoms. The average Bonchev–Trinajstić information content (AvgIpc) is 2.35. The number of aliphatic hydroxyl groups excluding tert-OH is 1. The van der Waals surface area contributed by atoms with Gasteiger partial charge in [0.1, 0.15) is 5.60 Å². The summed E-state index contributed by atoms with van der Waals surface area (Å²) < 4.78 is 5.44. The first-order valence-electron chi connectivity index (χ1n) is 7.33. The second kappa shape index (κ2) is 5.87. The van der Waals surface area contributed by atoms with Crippen LogP contribution in [0.25, 0.3) is 0 Å². The molecule has 2 aliphatic heterocycles. The van der Waals surface area contributed by atoms with Crippen molar-refractivity contribution in [3.05, 3.63) is 0 Å². The number of hydrogen-bond donors (Lipinski definition) is 1. The summed E-state index contributed by atoms with van der Waals surface area (Å²) in [5, 5.41) is 9.37. The highest BCUT2D eigenvalue weighted by Crippen LogP contribution is 2.20. The molecule has 1 N–H and O–H groups in total. The van der Waals surface area contributed by atoms with Crippen molar-refractivity contribution >= 4 is 6.09 Å². The third-order valence-corrected chi connectivity index (χ3v) is 4.03. The normalized spacial score (nSPS) is 29.1. The summed E-state index contributed by atoms with van der Waals surface area (Å²) in [5.74, 6) is 0. The van der Waals surface area contributed by atoms with Gasteiger partial charge in [0.15, 0.2) is 0 Å². The molecule has 2 aliphatic rings. The number of amides is 1. The Kier molecular flexibility index (Phi) is 4.56. The number of nitrogens with zero attached hydrogens (tertiary/aromatic N) is 3. The molecule has 0 bridgehead atoms. The number of carbonyl (C=O) groups is 1. The van der Waals surface area contributed by atoms with Crippen molar-refractivity contribution in [2.75, 3.05) is 46.4 Å². The highest BCUT2D eigenvalue weighted by atomic mass is 16.6. The minimum Gasteiger partial charge on any atom is -0.444 e. The van der Waals surface area contributed by atoms with Crippen molar-refractivity contribution in [1.29, 1.82) is 0 Å². The van der Waals surface area contributed by atoms with E-state index < -0.39 is 5.60 Å². The Labute approximate surface area is 121 Å². The first-order valence-corrected chi connectivity index (χ1v) is 7.33. The number of ether oxygens (including phenoxy) is 1. The molecule has 2 saturated heterocycles. The number of rotatable bonds is 1. The van der Waals surface area contributed by atoms with Gasteiger partial charge in [-0.05, 0) is 27.8 Å². The third kappa shape index (κ3) is 3.62. The van der Waals surface area contributed by atoms with E-state index in [1.54, 1.807) is 4.90 Å². The van der Waals surface area contributed by atoms with E-state index >= 15 is 0 Å². The van der Waals surface area contributed by atoms with Crippen molar-refractivity contribution in [3.63, 3.8) is 0 Å². The lowest BCUT2D eigenvalue weighted by atomic mass is 10.0. The largest absolute Gasteiger partial charge is 0.444 e. The monoisotopic (exact) mass is 285 g/mol. The number of likely N-dealkylation sites (N-methyl/N-ethyl adjacent to an activating group) is 1. The molecular weight excluding hydrogens is 258 g/mol. The van der Waals surface area contributed by atoms with E-state index in [1.807, 2.05) is 27.8 Å². The van der Waals surface area contributed by atoms with Crippen LogP contribution in [0.3, 0.4) is 0 Å². The van der Waals surface area contributed by atoms with Gasteiger partial charge in [0.2, 0.25) is 0 Å². The molecule has 0 saturated carbocycles. The van der Waals surface area contributed by atoms with Crippen LogP contribution in [0, 0.1) is 0 Å². The highest BCUT2D eigenvalue weighted by Gasteiger charge is 2.37. The number of fused-ring (bicyclic) bond motifs is 1. The highest BCUT2D eigenvalue weighted by molar-refractivity contribution is 5.68. The molecule has 0 aromatic rings. The van der Waals surface area contributed by atoms with E-state index in [4.69, 9.17) is 4.74 Å². The van der Waals surface area contributed by atoms with Crippen molar-refractivity contribution in [2.45, 2.75) is 38.5 Å². The molecule has 1 amide bonds. The van der Waals surface area contributed by atoms with Crippen LogP contribution in [0.4, 0.5) is 4.79 Å². The van der Waals surface area contributed by atoms with E-state index in [0.29, 0.717) is 19.1 Å². The SMILES string of the molecule is CN1CC2CN(C(=O)OC(C)(C)C)CCN2C[C@H]1CO. The van der Waals surface area contributed by atoms with Crippen LogP contribution in [-0.2, 0) is 4.74 Å². The van der Waals surface area contributed by atoms with Gasteiger partial charge in [-0.25, -0.2) is 4.79 Å². The van der Waals surface area contributed by atoms with Gasteiger partial charge < -0.3 is 14.7 Å². The summed E-state index contributed by atoms with van der Waals surface area (Å²) in [6.45, 7) is 9.88. The predicted molar refractivity (Wildman–Crippen MR) is 76.7 cm³/mol. The van der Waals surface area contributed by atoms with Gasteiger partial charge in [-0.3, -0.25) is 9.80 Å². The smallest absolute Gasteiger partial charge is 0.410 e. The summed E-state index contributed by atoms with van der Waals surface area (Å²) in [4.78, 5) is 18.5. The molecule has 0 aromatic heterocycles. The quantitative estimate of drug-likeness (QED) is 0.746. The lowest BCUT2D eigenvalue weighted by Crippen LogP contribution is -2.65. The zero-order valence-corrected chi connectivity index (χ0v) is 13.0. The Balaban J connectivity index is 1.93. The van der Waals surface area contributed by atoms with Gasteiger partial charge in [-0.2, -0.15) is 0 Å². The zero-order chi connectivity index (χ0) is 14.9. The van der Waals surface area contributed by atoms with Crippen LogP contribution in [0.1, 0.15) is 20.8 Å². The number of piperazine rings is 2. The van der Waals surface area contributed by atoms with E-state index in [0.717, 1.165) is 19.6 Å². The molecule has 2 atom stereocenters. The third-order valence-electron chi connectivity index (χ3n) is 4.03. The van der Waals surface area contributed by atoms with Crippen molar-refractivity contribution in [2.24, 2.45) is 0 Å². The number of hydrogen-bond acceptors (Lipinski definition) is 5. The summed E-state index contributed by atoms with van der Waals surface area (Å²) >= 11 is 0. The van der Waals surface area contributed by atoms with Crippen LogP contribution in [0.5, 0.6) is 0 Å². The van der Waals surface area contributed by atoms with Gasteiger partial charge in [-0.15, -0.1) is 0 Å². The fraction of sp³-hybridized carbons (Fsp3) is 0.929. The summed E-state index contributed by atoms with van der Waals surface area (Å²) in [6, 6.07) is 0.545. The maximum atomic E-state index is 12.1. The minimum absolute atomic E-state index is 0.190. The summed E-state index contributed by atoms with van der Waals surface area (Å²) in [7, 11) is 2.03. The Morgan fingerprint density at radius 2 is 1.95 bits per heavy atom. The van der Waals surface area contributed by atoms with Crippen molar-refractivity contribution < 1.29 is 14.6 Å². The van der Waals surface area contributed by atoms with Gasteiger partial charge >= 0.3 is 6.09 Å². The lowest BCUT2D eigenvalue weighted by molar-refractivity contribution is -0.0333. The summed E-state index contributed by atoms with van der Waals surface area (Å²) in [5.41, 5.74) is -0.445. The molecule has 2 heterocycles. The van der Waals surface area contributed by atoms with Crippen LogP contribution in [-0.4, -0.2) is 90.0 Å². The standard InChI is InChI=1S/C14H27N3O3/c1-14(2,3)20-13(19)17-6-5-16-9-12(10-18)15(4)7-11(16)8-17/h11-12,18H,5-10H2,1-4H3/t11?,12-/m0/s1. The number of carbonyl (C=O) groups excluding carboxylic acids is 1. The van der Waals surface area contributed by atoms with E-state index in [9.17, 15) is 9.90 Å². The molecule has 6 heteroatoms. The Morgan fingerprint density at radius 1 is 1.25 bits per heavy atom. The van der Waals surface area contributed by atoms with Gasteiger partial charge in [0.25, 0.3) is 0 Å².